The normalized spacial score (nSPS) is 8.83. The topological polar surface area (TPSA) is 61.4 Å². The molecule has 2 heterocycles. The molecule has 0 amide bonds. The van der Waals surface area contributed by atoms with Gasteiger partial charge in [0, 0.05) is 26.5 Å². The molecule has 0 aromatic carbocycles. The Balaban J connectivity index is 0.000000120. The van der Waals surface area contributed by atoms with E-state index >= 15 is 0 Å². The third kappa shape index (κ3) is 2.91. The molecule has 64 valence electrons. The lowest BCUT2D eigenvalue weighted by Crippen LogP contribution is -1.85. The van der Waals surface area contributed by atoms with Crippen LogP contribution in [-0.2, 0) is 14.1 Å². The zero-order valence-electron chi connectivity index (χ0n) is 6.99. The second-order valence-electron chi connectivity index (χ2n) is 2.16. The Morgan fingerprint density at radius 1 is 1.17 bits per heavy atom. The van der Waals surface area contributed by atoms with Crippen molar-refractivity contribution in [3.63, 3.8) is 0 Å². The van der Waals surface area contributed by atoms with Crippen LogP contribution in [-0.4, -0.2) is 30.0 Å². The van der Waals surface area contributed by atoms with Crippen LogP contribution in [0.2, 0.25) is 0 Å². The highest BCUT2D eigenvalue weighted by Crippen LogP contribution is 1.73. The molecule has 2 aromatic rings. The van der Waals surface area contributed by atoms with E-state index in [2.05, 4.69) is 20.6 Å². The third-order valence-electron chi connectivity index (χ3n) is 1.09. The van der Waals surface area contributed by atoms with Gasteiger partial charge < -0.3 is 0 Å². The Morgan fingerprint density at radius 2 is 2.00 bits per heavy atom. The fourth-order valence-corrected chi connectivity index (χ4v) is 0.552. The number of hydrogen-bond acceptors (Lipinski definition) is 4. The van der Waals surface area contributed by atoms with Gasteiger partial charge in [-0.2, -0.15) is 5.10 Å². The van der Waals surface area contributed by atoms with Gasteiger partial charge in [-0.3, -0.25) is 4.68 Å². The van der Waals surface area contributed by atoms with E-state index in [0.29, 0.717) is 0 Å². The van der Waals surface area contributed by atoms with Gasteiger partial charge in [0.1, 0.15) is 6.33 Å². The Hall–Kier alpha value is -1.72. The third-order valence-corrected chi connectivity index (χ3v) is 1.09. The first-order chi connectivity index (χ1) is 5.79. The highest BCUT2D eigenvalue weighted by atomic mass is 15.5. The summed E-state index contributed by atoms with van der Waals surface area (Å²) in [6.07, 6.45) is 5.17. The van der Waals surface area contributed by atoms with Gasteiger partial charge in [0.15, 0.2) is 0 Å². The molecular formula is C6H10N6. The summed E-state index contributed by atoms with van der Waals surface area (Å²) in [5.74, 6) is 0. The lowest BCUT2D eigenvalue weighted by molar-refractivity contribution is 0.710. The summed E-state index contributed by atoms with van der Waals surface area (Å²) < 4.78 is 3.28. The van der Waals surface area contributed by atoms with E-state index in [1.807, 2.05) is 19.3 Å². The molecule has 6 nitrogen and oxygen atoms in total. The second-order valence-corrected chi connectivity index (χ2v) is 2.16. The lowest BCUT2D eigenvalue weighted by Gasteiger charge is -1.77. The average molecular weight is 166 g/mol. The van der Waals surface area contributed by atoms with Gasteiger partial charge in [-0.25, -0.2) is 4.68 Å². The first-order valence-electron chi connectivity index (χ1n) is 3.39. The Kier molecular flexibility index (Phi) is 2.95. The Labute approximate surface area is 69.8 Å². The number of hydrogen-bond donors (Lipinski definition) is 0. The Bertz CT molecular complexity index is 251. The van der Waals surface area contributed by atoms with Crippen LogP contribution in [0.3, 0.4) is 0 Å². The van der Waals surface area contributed by atoms with E-state index in [1.165, 1.54) is 11.0 Å². The fraction of sp³-hybridized carbons (Fsp3) is 0.333. The zero-order chi connectivity index (χ0) is 8.81. The maximum Gasteiger partial charge on any atom is 0.137 e. The lowest BCUT2D eigenvalue weighted by atomic mass is 10.8. The van der Waals surface area contributed by atoms with Crippen molar-refractivity contribution in [1.29, 1.82) is 0 Å². The van der Waals surface area contributed by atoms with E-state index in [4.69, 9.17) is 0 Å². The molecule has 0 aliphatic heterocycles. The molecule has 0 atom stereocenters. The summed E-state index contributed by atoms with van der Waals surface area (Å²) in [5, 5.41) is 14.0. The van der Waals surface area contributed by atoms with E-state index in [9.17, 15) is 0 Å². The van der Waals surface area contributed by atoms with Crippen molar-refractivity contribution >= 4 is 0 Å². The number of aromatic nitrogens is 6. The molecule has 12 heavy (non-hydrogen) atoms. The van der Waals surface area contributed by atoms with Crippen LogP contribution in [0, 0.1) is 0 Å². The molecule has 0 bridgehead atoms. The molecule has 0 fully saturated rings. The summed E-state index contributed by atoms with van der Waals surface area (Å²) in [5.41, 5.74) is 0. The standard InChI is InChI=1S/C4H6N2.C2H4N4/c1-6-4-2-3-5-6;1-6-2-3-4-5-6/h2-4H,1H3;2H,1H3. The van der Waals surface area contributed by atoms with Gasteiger partial charge in [0.2, 0.25) is 0 Å². The van der Waals surface area contributed by atoms with Crippen molar-refractivity contribution in [3.05, 3.63) is 24.8 Å². The smallest absolute Gasteiger partial charge is 0.137 e. The molecule has 0 aliphatic carbocycles. The van der Waals surface area contributed by atoms with Gasteiger partial charge >= 0.3 is 0 Å². The van der Waals surface area contributed by atoms with E-state index < -0.39 is 0 Å². The van der Waals surface area contributed by atoms with E-state index in [1.54, 1.807) is 17.9 Å². The molecule has 0 saturated heterocycles. The zero-order valence-corrected chi connectivity index (χ0v) is 6.99. The maximum atomic E-state index is 3.83. The van der Waals surface area contributed by atoms with Crippen molar-refractivity contribution in [2.24, 2.45) is 14.1 Å². The largest absolute Gasteiger partial charge is 0.276 e. The van der Waals surface area contributed by atoms with Gasteiger partial charge in [-0.1, -0.05) is 0 Å². The number of rotatable bonds is 0. The predicted molar refractivity (Wildman–Crippen MR) is 42.0 cm³/mol. The molecule has 0 saturated carbocycles. The van der Waals surface area contributed by atoms with E-state index in [0.717, 1.165) is 0 Å². The van der Waals surface area contributed by atoms with Crippen molar-refractivity contribution in [3.8, 4) is 0 Å². The van der Waals surface area contributed by atoms with Crippen LogP contribution >= 0.6 is 0 Å². The maximum absolute atomic E-state index is 3.83. The summed E-state index contributed by atoms with van der Waals surface area (Å²) in [7, 11) is 3.65. The van der Waals surface area contributed by atoms with Crippen LogP contribution < -0.4 is 0 Å². The van der Waals surface area contributed by atoms with Gasteiger partial charge in [-0.15, -0.1) is 5.10 Å². The van der Waals surface area contributed by atoms with Crippen molar-refractivity contribution in [1.82, 2.24) is 30.0 Å². The average Bonchev–Trinajstić information content (AvgIpc) is 2.63. The van der Waals surface area contributed by atoms with Crippen molar-refractivity contribution < 1.29 is 0 Å². The van der Waals surface area contributed by atoms with Gasteiger partial charge in [0.25, 0.3) is 0 Å². The monoisotopic (exact) mass is 166 g/mol. The highest BCUT2D eigenvalue weighted by Gasteiger charge is 1.72. The van der Waals surface area contributed by atoms with Crippen LogP contribution in [0.4, 0.5) is 0 Å². The minimum atomic E-state index is 1.53. The van der Waals surface area contributed by atoms with Crippen LogP contribution in [0.5, 0.6) is 0 Å². The van der Waals surface area contributed by atoms with Crippen LogP contribution in [0.1, 0.15) is 0 Å². The Morgan fingerprint density at radius 3 is 2.17 bits per heavy atom. The molecule has 0 spiro atoms. The van der Waals surface area contributed by atoms with Crippen molar-refractivity contribution in [2.45, 2.75) is 0 Å². The summed E-state index contributed by atoms with van der Waals surface area (Å²) in [6.45, 7) is 0. The molecule has 0 aliphatic rings. The van der Waals surface area contributed by atoms with E-state index in [-0.39, 0.29) is 0 Å². The summed E-state index contributed by atoms with van der Waals surface area (Å²) in [4.78, 5) is 0. The minimum absolute atomic E-state index is 1.53. The molecule has 0 radical (unpaired) electrons. The van der Waals surface area contributed by atoms with Gasteiger partial charge in [0.05, 0.1) is 0 Å². The SMILES string of the molecule is Cn1cccn1.Cn1cnnn1. The fourth-order valence-electron chi connectivity index (χ4n) is 0.552. The molecule has 0 N–H and O–H groups in total. The number of tetrazole rings is 1. The molecule has 2 aromatic heterocycles. The number of nitrogens with zero attached hydrogens (tertiary/aromatic N) is 6. The minimum Gasteiger partial charge on any atom is -0.276 e. The predicted octanol–water partition coefficient (Wildman–Crippen LogP) is -0.370. The second kappa shape index (κ2) is 4.22. The molecule has 2 rings (SSSR count). The molecule has 6 heteroatoms. The van der Waals surface area contributed by atoms with Crippen LogP contribution in [0.15, 0.2) is 24.8 Å². The van der Waals surface area contributed by atoms with Gasteiger partial charge in [-0.05, 0) is 16.5 Å². The van der Waals surface area contributed by atoms with Crippen LogP contribution in [0.25, 0.3) is 0 Å². The summed E-state index contributed by atoms with van der Waals surface area (Å²) in [6, 6.07) is 1.89. The first-order valence-corrected chi connectivity index (χ1v) is 3.39. The summed E-state index contributed by atoms with van der Waals surface area (Å²) >= 11 is 0. The highest BCUT2D eigenvalue weighted by molar-refractivity contribution is 4.75. The first kappa shape index (κ1) is 8.38. The molecule has 0 unspecified atom stereocenters. The molecular weight excluding hydrogens is 156 g/mol. The quantitative estimate of drug-likeness (QED) is 0.535. The van der Waals surface area contributed by atoms with Crippen molar-refractivity contribution in [2.75, 3.05) is 0 Å². The number of aryl methyl sites for hydroxylation is 2.